The fraction of sp³-hybridized carbons (Fsp3) is 0.318. The van der Waals surface area contributed by atoms with Crippen LogP contribution >= 0.6 is 12.2 Å². The summed E-state index contributed by atoms with van der Waals surface area (Å²) in [6, 6.07) is 12.5. The van der Waals surface area contributed by atoms with E-state index in [0.717, 1.165) is 25.0 Å². The molecule has 1 aliphatic heterocycles. The van der Waals surface area contributed by atoms with E-state index < -0.39 is 0 Å². The highest BCUT2D eigenvalue weighted by Crippen LogP contribution is 2.19. The van der Waals surface area contributed by atoms with Crippen LogP contribution in [-0.2, 0) is 11.3 Å². The lowest BCUT2D eigenvalue weighted by Crippen LogP contribution is -2.31. The van der Waals surface area contributed by atoms with E-state index in [0.29, 0.717) is 28.8 Å². The fourth-order valence-electron chi connectivity index (χ4n) is 3.66. The van der Waals surface area contributed by atoms with Gasteiger partial charge in [-0.1, -0.05) is 18.2 Å². The third-order valence-electron chi connectivity index (χ3n) is 5.28. The summed E-state index contributed by atoms with van der Waals surface area (Å²) in [5, 5.41) is 3.36. The van der Waals surface area contributed by atoms with Gasteiger partial charge in [0.15, 0.2) is 4.77 Å². The molecule has 1 amide bonds. The first-order valence-corrected chi connectivity index (χ1v) is 10.3. The molecular formula is C22H23N3O4S. The molecule has 1 aliphatic rings. The highest BCUT2D eigenvalue weighted by molar-refractivity contribution is 7.71. The van der Waals surface area contributed by atoms with Crippen LogP contribution < -0.4 is 15.6 Å². The molecule has 7 nitrogen and oxygen atoms in total. The average Bonchev–Trinajstić information content (AvgIpc) is 3.28. The molecule has 2 heterocycles. The third kappa shape index (κ3) is 4.15. The van der Waals surface area contributed by atoms with Crippen molar-refractivity contribution in [2.45, 2.75) is 25.5 Å². The van der Waals surface area contributed by atoms with Crippen LogP contribution in [0, 0.1) is 4.77 Å². The maximum Gasteiger partial charge on any atom is 0.262 e. The summed E-state index contributed by atoms with van der Waals surface area (Å²) in [6.07, 6.45) is 2.05. The molecule has 1 saturated heterocycles. The number of carbonyl (C=O) groups is 1. The van der Waals surface area contributed by atoms with Gasteiger partial charge < -0.3 is 19.8 Å². The van der Waals surface area contributed by atoms with Crippen molar-refractivity contribution < 1.29 is 14.3 Å². The first-order valence-electron chi connectivity index (χ1n) is 9.85. The quantitative estimate of drug-likeness (QED) is 0.593. The molecule has 4 rings (SSSR count). The van der Waals surface area contributed by atoms with Crippen LogP contribution in [0.2, 0.25) is 0 Å². The van der Waals surface area contributed by atoms with E-state index in [1.54, 1.807) is 25.3 Å². The van der Waals surface area contributed by atoms with Crippen molar-refractivity contribution in [1.82, 2.24) is 14.9 Å². The molecule has 3 aromatic rings. The maximum atomic E-state index is 13.1. The molecule has 30 heavy (non-hydrogen) atoms. The second-order valence-corrected chi connectivity index (χ2v) is 7.63. The minimum atomic E-state index is -0.217. The number of hydrogen-bond donors (Lipinski definition) is 2. The van der Waals surface area contributed by atoms with Crippen molar-refractivity contribution >= 4 is 29.0 Å². The predicted molar refractivity (Wildman–Crippen MR) is 117 cm³/mol. The summed E-state index contributed by atoms with van der Waals surface area (Å²) in [5.74, 6) is 0.488. The number of benzene rings is 2. The van der Waals surface area contributed by atoms with Crippen LogP contribution in [0.1, 0.15) is 28.8 Å². The van der Waals surface area contributed by atoms with E-state index in [-0.39, 0.29) is 28.9 Å². The number of carbonyl (C=O) groups excluding carboxylic acids is 1. The molecule has 2 N–H and O–H groups in total. The lowest BCUT2D eigenvalue weighted by molar-refractivity contribution is 0.0858. The van der Waals surface area contributed by atoms with Gasteiger partial charge in [0.1, 0.15) is 5.75 Å². The van der Waals surface area contributed by atoms with Crippen LogP contribution in [0.25, 0.3) is 10.9 Å². The normalized spacial score (nSPS) is 16.0. The van der Waals surface area contributed by atoms with E-state index in [1.807, 2.05) is 24.3 Å². The zero-order valence-electron chi connectivity index (χ0n) is 16.6. The van der Waals surface area contributed by atoms with Crippen molar-refractivity contribution in [3.8, 4) is 5.75 Å². The Bertz CT molecular complexity index is 1190. The Morgan fingerprint density at radius 1 is 1.33 bits per heavy atom. The van der Waals surface area contributed by atoms with Crippen LogP contribution in [0.15, 0.2) is 47.3 Å². The van der Waals surface area contributed by atoms with E-state index in [2.05, 4.69) is 10.3 Å². The zero-order chi connectivity index (χ0) is 21.1. The minimum Gasteiger partial charge on any atom is -0.496 e. The molecule has 0 saturated carbocycles. The standard InChI is InChI=1S/C22H23N3O4S/c1-28-19-7-3-2-5-15(19)13-25-21(27)17-9-8-14(11-18(17)24-22(25)30)20(26)23-12-16-6-4-10-29-16/h2-3,5,7-9,11,16H,4,6,10,12-13H2,1H3,(H,23,26)(H,24,30). The number of para-hydroxylation sites is 1. The number of nitrogens with zero attached hydrogens (tertiary/aromatic N) is 1. The molecule has 156 valence electrons. The van der Waals surface area contributed by atoms with Gasteiger partial charge in [-0.25, -0.2) is 0 Å². The monoisotopic (exact) mass is 425 g/mol. The fourth-order valence-corrected chi connectivity index (χ4v) is 3.91. The number of rotatable bonds is 6. The molecule has 1 fully saturated rings. The number of aromatic amines is 1. The van der Waals surface area contributed by atoms with Crippen LogP contribution in [0.4, 0.5) is 0 Å². The highest BCUT2D eigenvalue weighted by Gasteiger charge is 2.17. The molecule has 1 aromatic heterocycles. The maximum absolute atomic E-state index is 13.1. The van der Waals surface area contributed by atoms with Gasteiger partial charge in [0.05, 0.1) is 30.7 Å². The first-order chi connectivity index (χ1) is 14.6. The SMILES string of the molecule is COc1ccccc1Cn1c(=S)[nH]c2cc(C(=O)NCC3CCCO3)ccc2c1=O. The van der Waals surface area contributed by atoms with Crippen molar-refractivity contribution in [3.63, 3.8) is 0 Å². The molecular weight excluding hydrogens is 402 g/mol. The number of amides is 1. The van der Waals surface area contributed by atoms with E-state index in [4.69, 9.17) is 21.7 Å². The summed E-state index contributed by atoms with van der Waals surface area (Å²) in [4.78, 5) is 28.6. The zero-order valence-corrected chi connectivity index (χ0v) is 17.5. The van der Waals surface area contributed by atoms with Crippen molar-refractivity contribution in [1.29, 1.82) is 0 Å². The van der Waals surface area contributed by atoms with Crippen molar-refractivity contribution in [2.75, 3.05) is 20.3 Å². The van der Waals surface area contributed by atoms with Gasteiger partial charge in [0.2, 0.25) is 0 Å². The molecule has 1 atom stereocenters. The number of nitrogens with one attached hydrogen (secondary N) is 2. The lowest BCUT2D eigenvalue weighted by atomic mass is 10.1. The van der Waals surface area contributed by atoms with Crippen molar-refractivity contribution in [2.24, 2.45) is 0 Å². The Labute approximate surface area is 178 Å². The number of aromatic nitrogens is 2. The Kier molecular flexibility index (Phi) is 5.96. The second-order valence-electron chi connectivity index (χ2n) is 7.24. The van der Waals surface area contributed by atoms with Crippen LogP contribution in [0.3, 0.4) is 0 Å². The van der Waals surface area contributed by atoms with Gasteiger partial charge in [0.25, 0.3) is 11.5 Å². The molecule has 0 spiro atoms. The van der Waals surface area contributed by atoms with E-state index in [9.17, 15) is 9.59 Å². The molecule has 0 aliphatic carbocycles. The van der Waals surface area contributed by atoms with Gasteiger partial charge in [-0.05, 0) is 49.3 Å². The number of methoxy groups -OCH3 is 1. The Balaban J connectivity index is 1.61. The average molecular weight is 426 g/mol. The minimum absolute atomic E-state index is 0.0717. The van der Waals surface area contributed by atoms with E-state index in [1.165, 1.54) is 4.57 Å². The molecule has 1 unspecified atom stereocenters. The van der Waals surface area contributed by atoms with Gasteiger partial charge >= 0.3 is 0 Å². The summed E-state index contributed by atoms with van der Waals surface area (Å²) < 4.78 is 12.7. The van der Waals surface area contributed by atoms with Gasteiger partial charge in [0, 0.05) is 24.3 Å². The van der Waals surface area contributed by atoms with Gasteiger partial charge in [-0.2, -0.15) is 0 Å². The Hall–Kier alpha value is -2.97. The third-order valence-corrected chi connectivity index (χ3v) is 5.60. The summed E-state index contributed by atoms with van der Waals surface area (Å²) in [7, 11) is 1.59. The highest BCUT2D eigenvalue weighted by atomic mass is 32.1. The topological polar surface area (TPSA) is 85.3 Å². The Morgan fingerprint density at radius 3 is 2.93 bits per heavy atom. The summed E-state index contributed by atoms with van der Waals surface area (Å²) in [5.41, 5.74) is 1.64. The summed E-state index contributed by atoms with van der Waals surface area (Å²) >= 11 is 5.43. The Morgan fingerprint density at radius 2 is 2.17 bits per heavy atom. The smallest absolute Gasteiger partial charge is 0.262 e. The molecule has 0 bridgehead atoms. The molecule has 0 radical (unpaired) electrons. The first kappa shape index (κ1) is 20.3. The number of H-pyrrole nitrogens is 1. The lowest BCUT2D eigenvalue weighted by Gasteiger charge is -2.13. The van der Waals surface area contributed by atoms with Crippen LogP contribution in [-0.4, -0.2) is 41.8 Å². The van der Waals surface area contributed by atoms with Crippen molar-refractivity contribution in [3.05, 3.63) is 68.7 Å². The van der Waals surface area contributed by atoms with E-state index >= 15 is 0 Å². The second kappa shape index (κ2) is 8.81. The number of hydrogen-bond acceptors (Lipinski definition) is 5. The summed E-state index contributed by atoms with van der Waals surface area (Å²) in [6.45, 7) is 1.51. The predicted octanol–water partition coefficient (Wildman–Crippen LogP) is 3.02. The van der Waals surface area contributed by atoms with Crippen LogP contribution in [0.5, 0.6) is 5.75 Å². The number of ether oxygens (including phenoxy) is 2. The molecule has 2 aromatic carbocycles. The number of fused-ring (bicyclic) bond motifs is 1. The largest absolute Gasteiger partial charge is 0.496 e. The molecule has 8 heteroatoms. The van der Waals surface area contributed by atoms with Gasteiger partial charge in [-0.3, -0.25) is 14.2 Å². The van der Waals surface area contributed by atoms with Gasteiger partial charge in [-0.15, -0.1) is 0 Å².